The summed E-state index contributed by atoms with van der Waals surface area (Å²) in [7, 11) is -2.84. The molecule has 1 atom stereocenters. The lowest BCUT2D eigenvalue weighted by Crippen LogP contribution is -2.41. The van der Waals surface area contributed by atoms with Gasteiger partial charge in [-0.1, -0.05) is 32.0 Å². The quantitative estimate of drug-likeness (QED) is 0.771. The highest BCUT2D eigenvalue weighted by Gasteiger charge is 2.23. The number of hydrogen-bond acceptors (Lipinski definition) is 5. The number of rotatable bonds is 8. The fraction of sp³-hybridized carbons (Fsp3) is 0.667. The topological polar surface area (TPSA) is 52.6 Å². The van der Waals surface area contributed by atoms with Gasteiger partial charge in [0.05, 0.1) is 11.5 Å². The van der Waals surface area contributed by atoms with Gasteiger partial charge in [-0.25, -0.2) is 8.42 Å². The van der Waals surface area contributed by atoms with Gasteiger partial charge in [0.15, 0.2) is 9.84 Å². The Morgan fingerprint density at radius 2 is 1.79 bits per heavy atom. The molecule has 1 saturated heterocycles. The second-order valence-corrected chi connectivity index (χ2v) is 8.77. The van der Waals surface area contributed by atoms with Crippen LogP contribution in [0, 0.1) is 0 Å². The third kappa shape index (κ3) is 5.19. The predicted molar refractivity (Wildman–Crippen MR) is 101 cm³/mol. The van der Waals surface area contributed by atoms with Crippen molar-refractivity contribution in [3.63, 3.8) is 0 Å². The Kier molecular flexibility index (Phi) is 7.07. The zero-order chi connectivity index (χ0) is 17.6. The molecule has 1 aromatic carbocycles. The first-order valence-electron chi connectivity index (χ1n) is 8.95. The highest BCUT2D eigenvalue weighted by Crippen LogP contribution is 2.22. The molecule has 6 heteroatoms. The maximum absolute atomic E-state index is 11.6. The van der Waals surface area contributed by atoms with Crippen molar-refractivity contribution in [1.82, 2.24) is 10.2 Å². The van der Waals surface area contributed by atoms with Crippen LogP contribution in [0.3, 0.4) is 0 Å². The number of sulfone groups is 1. The molecule has 0 unspecified atom stereocenters. The van der Waals surface area contributed by atoms with Crippen molar-refractivity contribution < 1.29 is 8.42 Å². The molecule has 1 aliphatic heterocycles. The summed E-state index contributed by atoms with van der Waals surface area (Å²) < 4.78 is 23.3. The lowest BCUT2D eigenvalue weighted by Gasteiger charge is -2.31. The van der Waals surface area contributed by atoms with E-state index >= 15 is 0 Å². The van der Waals surface area contributed by atoms with Crippen molar-refractivity contribution in [2.75, 3.05) is 49.1 Å². The molecule has 1 heterocycles. The smallest absolute Gasteiger partial charge is 0.153 e. The largest absolute Gasteiger partial charge is 0.369 e. The molecule has 0 saturated carbocycles. The van der Waals surface area contributed by atoms with E-state index in [9.17, 15) is 8.42 Å². The number of anilines is 1. The van der Waals surface area contributed by atoms with Crippen LogP contribution >= 0.6 is 0 Å². The number of nitrogens with one attached hydrogen (secondary N) is 1. The minimum atomic E-state index is -2.84. The normalized spacial score (nSPS) is 18.8. The second kappa shape index (κ2) is 8.83. The summed E-state index contributed by atoms with van der Waals surface area (Å²) in [5.74, 6) is 0.515. The first-order valence-corrected chi connectivity index (χ1v) is 10.8. The van der Waals surface area contributed by atoms with E-state index in [1.807, 2.05) is 6.07 Å². The molecule has 0 aliphatic carbocycles. The lowest BCUT2D eigenvalue weighted by molar-refractivity contribution is 0.225. The van der Waals surface area contributed by atoms with Crippen LogP contribution in [0.4, 0.5) is 5.69 Å². The van der Waals surface area contributed by atoms with Crippen molar-refractivity contribution >= 4 is 15.5 Å². The maximum Gasteiger partial charge on any atom is 0.153 e. The predicted octanol–water partition coefficient (Wildman–Crippen LogP) is 1.74. The van der Waals surface area contributed by atoms with Crippen LogP contribution in [0.1, 0.15) is 26.3 Å². The summed E-state index contributed by atoms with van der Waals surface area (Å²) in [6.07, 6.45) is 0. The minimum Gasteiger partial charge on any atom is -0.369 e. The van der Waals surface area contributed by atoms with Crippen LogP contribution in [0.5, 0.6) is 0 Å². The number of nitrogens with zero attached hydrogens (tertiary/aromatic N) is 2. The fourth-order valence-corrected chi connectivity index (χ4v) is 4.52. The van der Waals surface area contributed by atoms with Gasteiger partial charge in [-0.2, -0.15) is 0 Å². The average Bonchev–Trinajstić information content (AvgIpc) is 2.57. The zero-order valence-electron chi connectivity index (χ0n) is 15.2. The van der Waals surface area contributed by atoms with E-state index < -0.39 is 9.84 Å². The SMILES string of the molecule is CCN(CC)[C@H](C)CNCc1ccccc1N1CCS(=O)(=O)CC1. The Balaban J connectivity index is 1.94. The van der Waals surface area contributed by atoms with Crippen LogP contribution < -0.4 is 10.2 Å². The van der Waals surface area contributed by atoms with Gasteiger partial charge in [0.2, 0.25) is 0 Å². The van der Waals surface area contributed by atoms with Gasteiger partial charge in [0.25, 0.3) is 0 Å². The lowest BCUT2D eigenvalue weighted by atomic mass is 10.1. The molecular weight excluding hydrogens is 322 g/mol. The fourth-order valence-electron chi connectivity index (χ4n) is 3.31. The monoisotopic (exact) mass is 353 g/mol. The molecule has 1 aliphatic rings. The number of benzene rings is 1. The molecule has 0 spiro atoms. The van der Waals surface area contributed by atoms with Crippen molar-refractivity contribution in [2.24, 2.45) is 0 Å². The first-order chi connectivity index (χ1) is 11.5. The summed E-state index contributed by atoms with van der Waals surface area (Å²) in [4.78, 5) is 4.64. The zero-order valence-corrected chi connectivity index (χ0v) is 16.0. The Hall–Kier alpha value is -1.11. The highest BCUT2D eigenvalue weighted by atomic mass is 32.2. The molecule has 0 bridgehead atoms. The van der Waals surface area contributed by atoms with Crippen molar-refractivity contribution in [3.8, 4) is 0 Å². The van der Waals surface area contributed by atoms with E-state index in [2.05, 4.69) is 54.1 Å². The van der Waals surface area contributed by atoms with Crippen molar-refractivity contribution in [3.05, 3.63) is 29.8 Å². The van der Waals surface area contributed by atoms with Gasteiger partial charge in [-0.15, -0.1) is 0 Å². The van der Waals surface area contributed by atoms with Crippen LogP contribution in [-0.2, 0) is 16.4 Å². The molecule has 5 nitrogen and oxygen atoms in total. The van der Waals surface area contributed by atoms with E-state index in [0.717, 1.165) is 31.9 Å². The summed E-state index contributed by atoms with van der Waals surface area (Å²) in [6, 6.07) is 8.82. The summed E-state index contributed by atoms with van der Waals surface area (Å²) in [6.45, 7) is 11.7. The van der Waals surface area contributed by atoms with Gasteiger partial charge in [0, 0.05) is 37.9 Å². The van der Waals surface area contributed by atoms with E-state index in [1.165, 1.54) is 5.56 Å². The first kappa shape index (κ1) is 19.2. The molecule has 1 N–H and O–H groups in total. The van der Waals surface area contributed by atoms with E-state index in [0.29, 0.717) is 19.1 Å². The van der Waals surface area contributed by atoms with Crippen LogP contribution in [0.2, 0.25) is 0 Å². The van der Waals surface area contributed by atoms with Crippen LogP contribution in [-0.4, -0.2) is 63.6 Å². The standard InChI is InChI=1S/C18H31N3O2S/c1-4-20(5-2)16(3)14-19-15-17-8-6-7-9-18(17)21-10-12-24(22,23)13-11-21/h6-9,16,19H,4-5,10-15H2,1-3H3/t16-/m1/s1. The third-order valence-electron chi connectivity index (χ3n) is 4.87. The Morgan fingerprint density at radius 1 is 1.17 bits per heavy atom. The van der Waals surface area contributed by atoms with Gasteiger partial charge < -0.3 is 10.2 Å². The molecule has 1 fully saturated rings. The summed E-state index contributed by atoms with van der Waals surface area (Å²) in [5.41, 5.74) is 2.40. The minimum absolute atomic E-state index is 0.258. The van der Waals surface area contributed by atoms with E-state index in [-0.39, 0.29) is 11.5 Å². The number of para-hydroxylation sites is 1. The number of likely N-dealkylation sites (N-methyl/N-ethyl adjacent to an activating group) is 1. The second-order valence-electron chi connectivity index (χ2n) is 6.47. The number of hydrogen-bond donors (Lipinski definition) is 1. The third-order valence-corrected chi connectivity index (χ3v) is 6.48. The maximum atomic E-state index is 11.6. The molecule has 0 amide bonds. The summed E-state index contributed by atoms with van der Waals surface area (Å²) in [5, 5.41) is 3.56. The van der Waals surface area contributed by atoms with Crippen LogP contribution in [0.25, 0.3) is 0 Å². The highest BCUT2D eigenvalue weighted by molar-refractivity contribution is 7.91. The average molecular weight is 354 g/mol. The molecule has 136 valence electrons. The molecule has 2 rings (SSSR count). The molecule has 1 aromatic rings. The van der Waals surface area contributed by atoms with Crippen molar-refractivity contribution in [1.29, 1.82) is 0 Å². The molecule has 24 heavy (non-hydrogen) atoms. The van der Waals surface area contributed by atoms with Crippen LogP contribution in [0.15, 0.2) is 24.3 Å². The van der Waals surface area contributed by atoms with E-state index in [1.54, 1.807) is 0 Å². The Bertz CT molecular complexity index is 600. The van der Waals surface area contributed by atoms with Gasteiger partial charge in [0.1, 0.15) is 0 Å². The Morgan fingerprint density at radius 3 is 2.42 bits per heavy atom. The molecule has 0 radical (unpaired) electrons. The van der Waals surface area contributed by atoms with Gasteiger partial charge in [-0.05, 0) is 31.6 Å². The Labute approximate surface area is 146 Å². The molecule has 0 aromatic heterocycles. The van der Waals surface area contributed by atoms with Crippen molar-refractivity contribution in [2.45, 2.75) is 33.4 Å². The van der Waals surface area contributed by atoms with Gasteiger partial charge in [-0.3, -0.25) is 4.90 Å². The molecular formula is C18H31N3O2S. The van der Waals surface area contributed by atoms with Gasteiger partial charge >= 0.3 is 0 Å². The van der Waals surface area contributed by atoms with E-state index in [4.69, 9.17) is 0 Å². The summed E-state index contributed by atoms with van der Waals surface area (Å²) >= 11 is 0.